The molecule has 3 N–H and O–H groups in total. The normalized spacial score (nSPS) is 31.8. The molecular formula is C14H25N3O. The molecule has 0 aromatic heterocycles. The van der Waals surface area contributed by atoms with Crippen LogP contribution in [0.4, 0.5) is 0 Å². The molecule has 0 aromatic carbocycles. The standard InChI is InChI=1S/C14H25N3O/c15-13(17-11-4-5-11)16-10-12-6-9-14(18-12)7-2-1-3-8-14/h11-12H,1-10H2,(H3,15,16,17). The number of nitrogens with one attached hydrogen (secondary N) is 1. The summed E-state index contributed by atoms with van der Waals surface area (Å²) in [6.07, 6.45) is 11.7. The van der Waals surface area contributed by atoms with E-state index in [1.807, 2.05) is 0 Å². The van der Waals surface area contributed by atoms with Gasteiger partial charge in [0.05, 0.1) is 18.2 Å². The first kappa shape index (κ1) is 12.3. The van der Waals surface area contributed by atoms with Gasteiger partial charge in [0, 0.05) is 6.04 Å². The molecule has 0 amide bonds. The van der Waals surface area contributed by atoms with Gasteiger partial charge in [0.1, 0.15) is 0 Å². The van der Waals surface area contributed by atoms with Crippen LogP contribution in [0.1, 0.15) is 57.8 Å². The quantitative estimate of drug-likeness (QED) is 0.595. The lowest BCUT2D eigenvalue weighted by Crippen LogP contribution is -2.35. The van der Waals surface area contributed by atoms with Gasteiger partial charge in [-0.25, -0.2) is 0 Å². The molecule has 1 heterocycles. The van der Waals surface area contributed by atoms with Crippen LogP contribution in [0.2, 0.25) is 0 Å². The second kappa shape index (κ2) is 5.08. The van der Waals surface area contributed by atoms with E-state index >= 15 is 0 Å². The minimum absolute atomic E-state index is 0.205. The van der Waals surface area contributed by atoms with E-state index in [0.29, 0.717) is 18.1 Å². The van der Waals surface area contributed by atoms with Crippen molar-refractivity contribution in [1.82, 2.24) is 5.32 Å². The van der Waals surface area contributed by atoms with Gasteiger partial charge in [-0.2, -0.15) is 0 Å². The second-order valence-corrected chi connectivity index (χ2v) is 6.17. The van der Waals surface area contributed by atoms with E-state index in [0.717, 1.165) is 13.0 Å². The molecule has 0 aromatic rings. The van der Waals surface area contributed by atoms with E-state index in [-0.39, 0.29) is 5.60 Å². The molecule has 0 radical (unpaired) electrons. The number of guanidine groups is 1. The van der Waals surface area contributed by atoms with Gasteiger partial charge in [0.15, 0.2) is 5.96 Å². The number of aliphatic imine (C=N–C) groups is 1. The predicted octanol–water partition coefficient (Wildman–Crippen LogP) is 1.93. The molecule has 3 rings (SSSR count). The molecule has 102 valence electrons. The maximum atomic E-state index is 6.27. The second-order valence-electron chi connectivity index (χ2n) is 6.17. The molecule has 18 heavy (non-hydrogen) atoms. The number of hydrogen-bond acceptors (Lipinski definition) is 2. The van der Waals surface area contributed by atoms with Crippen molar-refractivity contribution in [2.75, 3.05) is 6.54 Å². The zero-order chi connectivity index (χ0) is 12.4. The largest absolute Gasteiger partial charge is 0.370 e. The van der Waals surface area contributed by atoms with Crippen LogP contribution >= 0.6 is 0 Å². The molecular weight excluding hydrogens is 226 g/mol. The highest BCUT2D eigenvalue weighted by Gasteiger charge is 2.40. The molecule has 4 nitrogen and oxygen atoms in total. The van der Waals surface area contributed by atoms with E-state index in [2.05, 4.69) is 10.3 Å². The van der Waals surface area contributed by atoms with Gasteiger partial charge >= 0.3 is 0 Å². The van der Waals surface area contributed by atoms with Crippen LogP contribution in [-0.4, -0.2) is 30.3 Å². The van der Waals surface area contributed by atoms with Crippen LogP contribution < -0.4 is 11.1 Å². The van der Waals surface area contributed by atoms with E-state index in [4.69, 9.17) is 10.5 Å². The summed E-state index contributed by atoms with van der Waals surface area (Å²) in [5.41, 5.74) is 6.05. The van der Waals surface area contributed by atoms with Crippen molar-refractivity contribution < 1.29 is 4.74 Å². The Bertz CT molecular complexity index is 319. The third-order valence-corrected chi connectivity index (χ3v) is 4.50. The van der Waals surface area contributed by atoms with Gasteiger partial charge in [-0.15, -0.1) is 0 Å². The van der Waals surface area contributed by atoms with Gasteiger partial charge in [-0.3, -0.25) is 4.99 Å². The Balaban J connectivity index is 1.46. The molecule has 1 unspecified atom stereocenters. The first-order chi connectivity index (χ1) is 8.76. The fourth-order valence-corrected chi connectivity index (χ4v) is 3.27. The Morgan fingerprint density at radius 1 is 1.17 bits per heavy atom. The van der Waals surface area contributed by atoms with Crippen LogP contribution in [-0.2, 0) is 4.74 Å². The lowest BCUT2D eigenvalue weighted by molar-refractivity contribution is -0.0598. The molecule has 2 aliphatic carbocycles. The van der Waals surface area contributed by atoms with Gasteiger partial charge in [0.25, 0.3) is 0 Å². The lowest BCUT2D eigenvalue weighted by atomic mass is 9.83. The van der Waals surface area contributed by atoms with Crippen molar-refractivity contribution in [3.8, 4) is 0 Å². The molecule has 0 bridgehead atoms. The highest BCUT2D eigenvalue weighted by atomic mass is 16.5. The molecule has 1 aliphatic heterocycles. The Kier molecular flexibility index (Phi) is 3.46. The van der Waals surface area contributed by atoms with Crippen molar-refractivity contribution >= 4 is 5.96 Å². The van der Waals surface area contributed by atoms with E-state index < -0.39 is 0 Å². The van der Waals surface area contributed by atoms with Crippen molar-refractivity contribution in [3.63, 3.8) is 0 Å². The molecule has 3 fully saturated rings. The summed E-state index contributed by atoms with van der Waals surface area (Å²) < 4.78 is 6.27. The highest BCUT2D eigenvalue weighted by Crippen LogP contribution is 2.41. The van der Waals surface area contributed by atoms with Crippen LogP contribution in [0.15, 0.2) is 4.99 Å². The predicted molar refractivity (Wildman–Crippen MR) is 72.6 cm³/mol. The molecule has 2 saturated carbocycles. The SMILES string of the molecule is NC(=NCC1CCC2(CCCCC2)O1)NC1CC1. The van der Waals surface area contributed by atoms with Crippen molar-refractivity contribution in [3.05, 3.63) is 0 Å². The average Bonchev–Trinajstić information content (AvgIpc) is 3.10. The summed E-state index contributed by atoms with van der Waals surface area (Å²) in [5, 5.41) is 3.22. The zero-order valence-electron chi connectivity index (χ0n) is 11.2. The number of hydrogen-bond donors (Lipinski definition) is 2. The van der Waals surface area contributed by atoms with Gasteiger partial charge in [-0.1, -0.05) is 19.3 Å². The van der Waals surface area contributed by atoms with Gasteiger partial charge in [-0.05, 0) is 38.5 Å². The maximum Gasteiger partial charge on any atom is 0.188 e. The van der Waals surface area contributed by atoms with Gasteiger partial charge < -0.3 is 15.8 Å². The van der Waals surface area contributed by atoms with Crippen LogP contribution in [0, 0.1) is 0 Å². The van der Waals surface area contributed by atoms with Crippen molar-refractivity contribution in [2.45, 2.75) is 75.5 Å². The smallest absolute Gasteiger partial charge is 0.188 e. The third-order valence-electron chi connectivity index (χ3n) is 4.50. The van der Waals surface area contributed by atoms with Crippen molar-refractivity contribution in [2.24, 2.45) is 10.7 Å². The van der Waals surface area contributed by atoms with E-state index in [1.165, 1.54) is 51.4 Å². The number of rotatable bonds is 3. The first-order valence-electron chi connectivity index (χ1n) is 7.50. The van der Waals surface area contributed by atoms with Crippen LogP contribution in [0.25, 0.3) is 0 Å². The van der Waals surface area contributed by atoms with Crippen LogP contribution in [0.3, 0.4) is 0 Å². The summed E-state index contributed by atoms with van der Waals surface area (Å²) in [6.45, 7) is 0.729. The fourth-order valence-electron chi connectivity index (χ4n) is 3.27. The maximum absolute atomic E-state index is 6.27. The molecule has 1 saturated heterocycles. The van der Waals surface area contributed by atoms with Gasteiger partial charge in [0.2, 0.25) is 0 Å². The monoisotopic (exact) mass is 251 g/mol. The van der Waals surface area contributed by atoms with E-state index in [1.54, 1.807) is 0 Å². The molecule has 1 spiro atoms. The molecule has 1 atom stereocenters. The minimum atomic E-state index is 0.205. The average molecular weight is 251 g/mol. The van der Waals surface area contributed by atoms with E-state index in [9.17, 15) is 0 Å². The van der Waals surface area contributed by atoms with Crippen molar-refractivity contribution in [1.29, 1.82) is 0 Å². The number of ether oxygens (including phenoxy) is 1. The first-order valence-corrected chi connectivity index (χ1v) is 7.50. The fraction of sp³-hybridized carbons (Fsp3) is 0.929. The Morgan fingerprint density at radius 2 is 1.94 bits per heavy atom. The summed E-state index contributed by atoms with van der Waals surface area (Å²) >= 11 is 0. The summed E-state index contributed by atoms with van der Waals surface area (Å²) in [7, 11) is 0. The third kappa shape index (κ3) is 2.97. The summed E-state index contributed by atoms with van der Waals surface area (Å²) in [5.74, 6) is 0.602. The summed E-state index contributed by atoms with van der Waals surface area (Å²) in [6, 6.07) is 0.586. The Morgan fingerprint density at radius 3 is 2.67 bits per heavy atom. The molecule has 3 aliphatic rings. The lowest BCUT2D eigenvalue weighted by Gasteiger charge is -2.33. The zero-order valence-corrected chi connectivity index (χ0v) is 11.2. The highest BCUT2D eigenvalue weighted by molar-refractivity contribution is 5.78. The summed E-state index contributed by atoms with van der Waals surface area (Å²) in [4.78, 5) is 4.42. The number of nitrogens with zero attached hydrogens (tertiary/aromatic N) is 1. The number of nitrogens with two attached hydrogens (primary N) is 1. The topological polar surface area (TPSA) is 59.6 Å². The Hall–Kier alpha value is -0.770. The van der Waals surface area contributed by atoms with Crippen LogP contribution in [0.5, 0.6) is 0 Å². The minimum Gasteiger partial charge on any atom is -0.370 e. The molecule has 4 heteroatoms. The Labute approximate surface area is 109 Å².